The van der Waals surface area contributed by atoms with Crippen LogP contribution in [-0.2, 0) is 9.53 Å². The summed E-state index contributed by atoms with van der Waals surface area (Å²) >= 11 is 1.25. The number of phenols is 1. The number of ether oxygens (including phenoxy) is 2. The summed E-state index contributed by atoms with van der Waals surface area (Å²) in [6, 6.07) is 11.5. The third-order valence-corrected chi connectivity index (χ3v) is 5.16. The van der Waals surface area contributed by atoms with E-state index in [2.05, 4.69) is 9.73 Å². The fourth-order valence-corrected chi connectivity index (χ4v) is 3.58. The van der Waals surface area contributed by atoms with Crippen molar-refractivity contribution in [2.24, 2.45) is 4.99 Å². The molecule has 0 spiro atoms. The van der Waals surface area contributed by atoms with Crippen LogP contribution in [0, 0.1) is 0 Å². The van der Waals surface area contributed by atoms with Gasteiger partial charge in [0.15, 0.2) is 16.7 Å². The van der Waals surface area contributed by atoms with Crippen LogP contribution in [0.5, 0.6) is 11.5 Å². The van der Waals surface area contributed by atoms with Gasteiger partial charge in [-0.25, -0.2) is 9.79 Å². The van der Waals surface area contributed by atoms with E-state index in [0.29, 0.717) is 33.7 Å². The molecule has 29 heavy (non-hydrogen) atoms. The summed E-state index contributed by atoms with van der Waals surface area (Å²) in [5.41, 5.74) is 1.78. The smallest absolute Gasteiger partial charge is 0.337 e. The van der Waals surface area contributed by atoms with Gasteiger partial charge in [-0.15, -0.1) is 0 Å². The summed E-state index contributed by atoms with van der Waals surface area (Å²) in [4.78, 5) is 30.6. The molecule has 2 aromatic rings. The highest BCUT2D eigenvalue weighted by Gasteiger charge is 2.30. The fraction of sp³-hybridized carbons (Fsp3) is 0.190. The van der Waals surface area contributed by atoms with Gasteiger partial charge in [0.1, 0.15) is 0 Å². The number of aromatic hydroxyl groups is 1. The third-order valence-electron chi connectivity index (χ3n) is 4.10. The number of nitrogens with zero attached hydrogens (tertiary/aromatic N) is 2. The minimum atomic E-state index is -0.419. The van der Waals surface area contributed by atoms with Crippen molar-refractivity contribution in [2.45, 2.75) is 6.92 Å². The zero-order chi connectivity index (χ0) is 21.0. The minimum Gasteiger partial charge on any atom is -0.504 e. The quantitative estimate of drug-likeness (QED) is 0.593. The van der Waals surface area contributed by atoms with Gasteiger partial charge in [-0.3, -0.25) is 9.69 Å². The second-order valence-corrected chi connectivity index (χ2v) is 7.08. The molecule has 0 aliphatic carbocycles. The van der Waals surface area contributed by atoms with Crippen LogP contribution in [0.4, 0.5) is 5.69 Å². The summed E-state index contributed by atoms with van der Waals surface area (Å²) < 4.78 is 10.1. The largest absolute Gasteiger partial charge is 0.504 e. The maximum atomic E-state index is 12.6. The molecule has 8 heteroatoms. The number of amides is 1. The van der Waals surface area contributed by atoms with Crippen molar-refractivity contribution in [1.82, 2.24) is 4.90 Å². The molecule has 150 valence electrons. The van der Waals surface area contributed by atoms with Gasteiger partial charge < -0.3 is 14.6 Å². The first-order chi connectivity index (χ1) is 13.9. The number of carbonyl (C=O) groups is 2. The summed E-state index contributed by atoms with van der Waals surface area (Å²) in [7, 11) is 2.98. The van der Waals surface area contributed by atoms with Crippen LogP contribution < -0.4 is 4.74 Å². The lowest BCUT2D eigenvalue weighted by atomic mass is 10.2. The Morgan fingerprint density at radius 2 is 1.97 bits per heavy atom. The molecule has 0 radical (unpaired) electrons. The molecule has 2 aromatic carbocycles. The van der Waals surface area contributed by atoms with Crippen LogP contribution in [0.15, 0.2) is 52.4 Å². The SMILES string of the molecule is CCOc1cc(/C=C2\SC(=Nc3ccc(C(=O)OC)cc3)N(C)C2=O)ccc1O. The number of esters is 1. The van der Waals surface area contributed by atoms with Gasteiger partial charge in [-0.2, -0.15) is 0 Å². The maximum Gasteiger partial charge on any atom is 0.337 e. The summed E-state index contributed by atoms with van der Waals surface area (Å²) in [6.07, 6.45) is 1.73. The van der Waals surface area contributed by atoms with E-state index in [1.807, 2.05) is 6.92 Å². The Kier molecular flexibility index (Phi) is 6.23. The van der Waals surface area contributed by atoms with Crippen molar-refractivity contribution in [3.63, 3.8) is 0 Å². The number of hydrogen-bond acceptors (Lipinski definition) is 7. The van der Waals surface area contributed by atoms with Crippen LogP contribution in [0.3, 0.4) is 0 Å². The molecule has 1 heterocycles. The molecule has 7 nitrogen and oxygen atoms in total. The molecule has 1 saturated heterocycles. The second kappa shape index (κ2) is 8.83. The summed E-state index contributed by atoms with van der Waals surface area (Å²) in [6.45, 7) is 2.26. The van der Waals surface area contributed by atoms with Crippen molar-refractivity contribution in [3.8, 4) is 11.5 Å². The molecule has 1 amide bonds. The Morgan fingerprint density at radius 3 is 2.62 bits per heavy atom. The van der Waals surface area contributed by atoms with E-state index in [-0.39, 0.29) is 11.7 Å². The lowest BCUT2D eigenvalue weighted by Crippen LogP contribution is -2.23. The standard InChI is InChI=1S/C21H20N2O5S/c1-4-28-17-11-13(5-10-16(17)24)12-18-19(25)23(2)21(29-18)22-15-8-6-14(7-9-15)20(26)27-3/h5-12,24H,4H2,1-3H3/b18-12-,22-21?. The first-order valence-electron chi connectivity index (χ1n) is 8.83. The molecule has 0 aromatic heterocycles. The zero-order valence-electron chi connectivity index (χ0n) is 16.2. The Labute approximate surface area is 172 Å². The number of amidine groups is 1. The predicted molar refractivity (Wildman–Crippen MR) is 112 cm³/mol. The van der Waals surface area contributed by atoms with Crippen molar-refractivity contribution in [3.05, 3.63) is 58.5 Å². The van der Waals surface area contributed by atoms with Gasteiger partial charge >= 0.3 is 5.97 Å². The van der Waals surface area contributed by atoms with E-state index in [1.165, 1.54) is 29.8 Å². The number of rotatable bonds is 5. The first-order valence-corrected chi connectivity index (χ1v) is 9.65. The van der Waals surface area contributed by atoms with E-state index >= 15 is 0 Å². The molecule has 3 rings (SSSR count). The van der Waals surface area contributed by atoms with Crippen LogP contribution in [0.2, 0.25) is 0 Å². The highest BCUT2D eigenvalue weighted by atomic mass is 32.2. The number of phenolic OH excluding ortho intramolecular Hbond substituents is 1. The summed E-state index contributed by atoms with van der Waals surface area (Å²) in [5, 5.41) is 10.3. The fourth-order valence-electron chi connectivity index (χ4n) is 2.59. The van der Waals surface area contributed by atoms with Crippen molar-refractivity contribution >= 4 is 40.6 Å². The van der Waals surface area contributed by atoms with Crippen LogP contribution in [0.1, 0.15) is 22.8 Å². The van der Waals surface area contributed by atoms with Gasteiger partial charge in [0.05, 0.1) is 29.9 Å². The van der Waals surface area contributed by atoms with Gasteiger partial charge in [-0.1, -0.05) is 6.07 Å². The zero-order valence-corrected chi connectivity index (χ0v) is 17.0. The van der Waals surface area contributed by atoms with Crippen LogP contribution in [0.25, 0.3) is 6.08 Å². The Hall–Kier alpha value is -3.26. The van der Waals surface area contributed by atoms with E-state index in [0.717, 1.165) is 5.56 Å². The summed E-state index contributed by atoms with van der Waals surface area (Å²) in [5.74, 6) is -0.178. The number of benzene rings is 2. The Bertz CT molecular complexity index is 999. The lowest BCUT2D eigenvalue weighted by Gasteiger charge is -2.07. The molecule has 0 bridgehead atoms. The highest BCUT2D eigenvalue weighted by molar-refractivity contribution is 8.18. The number of hydrogen-bond donors (Lipinski definition) is 1. The second-order valence-electron chi connectivity index (χ2n) is 6.07. The molecular weight excluding hydrogens is 392 g/mol. The third kappa shape index (κ3) is 4.60. The van der Waals surface area contributed by atoms with E-state index < -0.39 is 5.97 Å². The van der Waals surface area contributed by atoms with E-state index in [9.17, 15) is 14.7 Å². The van der Waals surface area contributed by atoms with Gasteiger partial charge in [-0.05, 0) is 66.7 Å². The molecule has 1 aliphatic rings. The van der Waals surface area contributed by atoms with E-state index in [1.54, 1.807) is 49.5 Å². The number of carbonyl (C=O) groups excluding carboxylic acids is 2. The topological polar surface area (TPSA) is 88.4 Å². The highest BCUT2D eigenvalue weighted by Crippen LogP contribution is 2.34. The van der Waals surface area contributed by atoms with Crippen LogP contribution in [-0.4, -0.2) is 47.8 Å². The van der Waals surface area contributed by atoms with Gasteiger partial charge in [0, 0.05) is 7.05 Å². The average Bonchev–Trinajstić information content (AvgIpc) is 2.98. The molecule has 0 atom stereocenters. The Morgan fingerprint density at radius 1 is 1.24 bits per heavy atom. The molecular formula is C21H20N2O5S. The van der Waals surface area contributed by atoms with Crippen LogP contribution >= 0.6 is 11.8 Å². The van der Waals surface area contributed by atoms with Gasteiger partial charge in [0.25, 0.3) is 5.91 Å². The predicted octanol–water partition coefficient (Wildman–Crippen LogP) is 3.81. The first kappa shape index (κ1) is 20.5. The normalized spacial score (nSPS) is 16.5. The van der Waals surface area contributed by atoms with E-state index in [4.69, 9.17) is 4.74 Å². The van der Waals surface area contributed by atoms with Crippen molar-refractivity contribution in [2.75, 3.05) is 20.8 Å². The molecule has 1 aliphatic heterocycles. The molecule has 1 fully saturated rings. The lowest BCUT2D eigenvalue weighted by molar-refractivity contribution is -0.121. The van der Waals surface area contributed by atoms with Crippen molar-refractivity contribution in [1.29, 1.82) is 0 Å². The van der Waals surface area contributed by atoms with Gasteiger partial charge in [0.2, 0.25) is 0 Å². The molecule has 0 saturated carbocycles. The Balaban J connectivity index is 1.84. The monoisotopic (exact) mass is 412 g/mol. The number of likely N-dealkylation sites (N-methyl/N-ethyl adjacent to an activating group) is 1. The van der Waals surface area contributed by atoms with Crippen molar-refractivity contribution < 1.29 is 24.2 Å². The minimum absolute atomic E-state index is 0.0502. The number of aliphatic imine (C=N–C) groups is 1. The maximum absolute atomic E-state index is 12.6. The number of thioether (sulfide) groups is 1. The number of methoxy groups -OCH3 is 1. The molecule has 0 unspecified atom stereocenters. The molecule has 1 N–H and O–H groups in total. The average molecular weight is 412 g/mol.